The number of hydrogen-bond acceptors (Lipinski definition) is 4. The second kappa shape index (κ2) is 8.20. The predicted molar refractivity (Wildman–Crippen MR) is 111 cm³/mol. The Morgan fingerprint density at radius 3 is 2.42 bits per heavy atom. The van der Waals surface area contributed by atoms with Crippen molar-refractivity contribution in [3.05, 3.63) is 53.2 Å². The van der Waals surface area contributed by atoms with Crippen LogP contribution in [0.3, 0.4) is 0 Å². The molecule has 9 heteroatoms. The van der Waals surface area contributed by atoms with Crippen LogP contribution in [0.5, 0.6) is 5.88 Å². The van der Waals surface area contributed by atoms with Crippen LogP contribution in [0, 0.1) is 0 Å². The van der Waals surface area contributed by atoms with Crippen LogP contribution in [0.25, 0.3) is 11.0 Å². The standard InChI is InChI=1S/C22H25F3N4O2/c1-13(14-9-7-6-8-10-14)26-16(30)12-31-17-11-15(22(23,24)25)18-19(21(2,3)4)28-29(5)20(18)27-17/h6-11,13H,12H2,1-5H3,(H,26,30)/t13-/m0/s1. The number of pyridine rings is 1. The Hall–Kier alpha value is -3.10. The zero-order valence-electron chi connectivity index (χ0n) is 18.0. The number of benzene rings is 1. The summed E-state index contributed by atoms with van der Waals surface area (Å²) in [6, 6.07) is 9.86. The lowest BCUT2D eigenvalue weighted by molar-refractivity contribution is -0.136. The van der Waals surface area contributed by atoms with Crippen molar-refractivity contribution in [2.24, 2.45) is 7.05 Å². The highest BCUT2D eigenvalue weighted by Gasteiger charge is 2.38. The van der Waals surface area contributed by atoms with E-state index < -0.39 is 29.7 Å². The number of fused-ring (bicyclic) bond motifs is 1. The van der Waals surface area contributed by atoms with Crippen molar-refractivity contribution in [1.82, 2.24) is 20.1 Å². The number of nitrogens with zero attached hydrogens (tertiary/aromatic N) is 3. The van der Waals surface area contributed by atoms with Crippen LogP contribution >= 0.6 is 0 Å². The third kappa shape index (κ3) is 4.98. The van der Waals surface area contributed by atoms with Gasteiger partial charge in [-0.15, -0.1) is 0 Å². The van der Waals surface area contributed by atoms with Gasteiger partial charge in [-0.05, 0) is 12.5 Å². The molecule has 0 aliphatic heterocycles. The number of amides is 1. The summed E-state index contributed by atoms with van der Waals surface area (Å²) < 4.78 is 48.1. The van der Waals surface area contributed by atoms with E-state index >= 15 is 0 Å². The SMILES string of the molecule is C[C@H](NC(=O)COc1cc(C(F)(F)F)c2c(C(C)(C)C)nn(C)c2n1)c1ccccc1. The average molecular weight is 434 g/mol. The van der Waals surface area contributed by atoms with Gasteiger partial charge in [0, 0.05) is 18.5 Å². The maximum atomic E-state index is 13.8. The number of rotatable bonds is 5. The summed E-state index contributed by atoms with van der Waals surface area (Å²) in [7, 11) is 1.53. The molecule has 0 unspecified atom stereocenters. The van der Waals surface area contributed by atoms with Gasteiger partial charge in [-0.1, -0.05) is 51.1 Å². The molecule has 31 heavy (non-hydrogen) atoms. The molecule has 0 fully saturated rings. The van der Waals surface area contributed by atoms with E-state index in [2.05, 4.69) is 15.4 Å². The van der Waals surface area contributed by atoms with E-state index in [0.29, 0.717) is 5.69 Å². The number of aryl methyl sites for hydroxylation is 1. The van der Waals surface area contributed by atoms with Crippen LogP contribution in [0.2, 0.25) is 0 Å². The summed E-state index contributed by atoms with van der Waals surface area (Å²) in [4.78, 5) is 16.4. The fraction of sp³-hybridized carbons (Fsp3) is 0.409. The maximum Gasteiger partial charge on any atom is 0.417 e. The van der Waals surface area contributed by atoms with Gasteiger partial charge in [-0.25, -0.2) is 0 Å². The molecule has 0 saturated carbocycles. The zero-order valence-corrected chi connectivity index (χ0v) is 18.0. The first kappa shape index (κ1) is 22.6. The van der Waals surface area contributed by atoms with Crippen LogP contribution in [0.1, 0.15) is 50.6 Å². The van der Waals surface area contributed by atoms with Crippen molar-refractivity contribution in [2.75, 3.05) is 6.61 Å². The predicted octanol–water partition coefficient (Wildman–Crippen LogP) is 4.54. The lowest BCUT2D eigenvalue weighted by atomic mass is 9.89. The van der Waals surface area contributed by atoms with Gasteiger partial charge in [0.05, 0.1) is 22.7 Å². The van der Waals surface area contributed by atoms with Crippen molar-refractivity contribution in [3.63, 3.8) is 0 Å². The number of carbonyl (C=O) groups excluding carboxylic acids is 1. The molecular formula is C22H25F3N4O2. The number of alkyl halides is 3. The molecule has 0 saturated heterocycles. The fourth-order valence-electron chi connectivity index (χ4n) is 3.29. The molecule has 166 valence electrons. The summed E-state index contributed by atoms with van der Waals surface area (Å²) in [6.07, 6.45) is -4.63. The molecule has 0 bridgehead atoms. The first-order valence-electron chi connectivity index (χ1n) is 9.80. The van der Waals surface area contributed by atoms with Gasteiger partial charge in [-0.2, -0.15) is 23.3 Å². The molecule has 1 N–H and O–H groups in total. The highest BCUT2D eigenvalue weighted by Crippen LogP contribution is 2.40. The molecule has 6 nitrogen and oxygen atoms in total. The Balaban J connectivity index is 1.86. The Morgan fingerprint density at radius 1 is 1.19 bits per heavy atom. The molecule has 1 amide bonds. The van der Waals surface area contributed by atoms with Crippen LogP contribution in [0.4, 0.5) is 13.2 Å². The third-order valence-corrected chi connectivity index (χ3v) is 4.81. The Morgan fingerprint density at radius 2 is 1.84 bits per heavy atom. The zero-order chi connectivity index (χ0) is 23.0. The summed E-state index contributed by atoms with van der Waals surface area (Å²) in [5.74, 6) is -0.752. The molecule has 0 spiro atoms. The van der Waals surface area contributed by atoms with E-state index in [1.807, 2.05) is 37.3 Å². The summed E-state index contributed by atoms with van der Waals surface area (Å²) >= 11 is 0. The second-order valence-corrected chi connectivity index (χ2v) is 8.42. The number of hydrogen-bond donors (Lipinski definition) is 1. The van der Waals surface area contributed by atoms with E-state index in [0.717, 1.165) is 11.6 Å². The molecule has 0 aliphatic rings. The second-order valence-electron chi connectivity index (χ2n) is 8.42. The van der Waals surface area contributed by atoms with Gasteiger partial charge >= 0.3 is 6.18 Å². The van der Waals surface area contributed by atoms with Gasteiger partial charge in [0.2, 0.25) is 5.88 Å². The quantitative estimate of drug-likeness (QED) is 0.640. The lowest BCUT2D eigenvalue weighted by Crippen LogP contribution is -2.31. The Kier molecular flexibility index (Phi) is 5.98. The monoisotopic (exact) mass is 434 g/mol. The molecule has 1 aromatic carbocycles. The van der Waals surface area contributed by atoms with Gasteiger partial charge in [0.15, 0.2) is 12.3 Å². The molecule has 1 atom stereocenters. The van der Waals surface area contributed by atoms with Crippen molar-refractivity contribution in [2.45, 2.75) is 45.3 Å². The summed E-state index contributed by atoms with van der Waals surface area (Å²) in [5.41, 5.74) is -0.252. The number of nitrogens with one attached hydrogen (secondary N) is 1. The van der Waals surface area contributed by atoms with E-state index in [1.165, 1.54) is 11.7 Å². The van der Waals surface area contributed by atoms with Gasteiger partial charge < -0.3 is 10.1 Å². The van der Waals surface area contributed by atoms with Crippen LogP contribution < -0.4 is 10.1 Å². The highest BCUT2D eigenvalue weighted by atomic mass is 19.4. The first-order valence-corrected chi connectivity index (χ1v) is 9.80. The number of ether oxygens (including phenoxy) is 1. The number of aromatic nitrogens is 3. The molecule has 3 rings (SSSR count). The maximum absolute atomic E-state index is 13.8. The van der Waals surface area contributed by atoms with Crippen LogP contribution in [-0.2, 0) is 23.4 Å². The minimum Gasteiger partial charge on any atom is -0.467 e. The van der Waals surface area contributed by atoms with Crippen LogP contribution in [0.15, 0.2) is 36.4 Å². The van der Waals surface area contributed by atoms with E-state index in [1.54, 1.807) is 20.8 Å². The van der Waals surface area contributed by atoms with Crippen LogP contribution in [-0.4, -0.2) is 27.3 Å². The number of carbonyl (C=O) groups is 1. The van der Waals surface area contributed by atoms with Crippen molar-refractivity contribution in [1.29, 1.82) is 0 Å². The van der Waals surface area contributed by atoms with Gasteiger partial charge in [0.25, 0.3) is 5.91 Å². The van der Waals surface area contributed by atoms with E-state index in [9.17, 15) is 18.0 Å². The largest absolute Gasteiger partial charge is 0.467 e. The van der Waals surface area contributed by atoms with Crippen molar-refractivity contribution < 1.29 is 22.7 Å². The van der Waals surface area contributed by atoms with E-state index in [-0.39, 0.29) is 23.0 Å². The fourth-order valence-corrected chi connectivity index (χ4v) is 3.29. The van der Waals surface area contributed by atoms with Crippen molar-refractivity contribution in [3.8, 4) is 5.88 Å². The third-order valence-electron chi connectivity index (χ3n) is 4.81. The van der Waals surface area contributed by atoms with E-state index in [4.69, 9.17) is 4.74 Å². The normalized spacial score (nSPS) is 13.3. The highest BCUT2D eigenvalue weighted by molar-refractivity contribution is 5.85. The first-order chi connectivity index (χ1) is 14.4. The minimum atomic E-state index is -4.63. The Labute approximate surface area is 178 Å². The molecule has 2 aromatic heterocycles. The molecule has 0 aliphatic carbocycles. The number of halogens is 3. The van der Waals surface area contributed by atoms with Gasteiger partial charge in [-0.3, -0.25) is 9.48 Å². The molecule has 2 heterocycles. The molecule has 3 aromatic rings. The van der Waals surface area contributed by atoms with Gasteiger partial charge in [0.1, 0.15) is 0 Å². The topological polar surface area (TPSA) is 69.0 Å². The molecular weight excluding hydrogens is 409 g/mol. The van der Waals surface area contributed by atoms with Crippen molar-refractivity contribution >= 4 is 16.9 Å². The lowest BCUT2D eigenvalue weighted by Gasteiger charge is -2.18. The summed E-state index contributed by atoms with van der Waals surface area (Å²) in [6.45, 7) is 6.71. The summed E-state index contributed by atoms with van der Waals surface area (Å²) in [5, 5.41) is 6.96. The minimum absolute atomic E-state index is 0.0489. The smallest absolute Gasteiger partial charge is 0.417 e. The average Bonchev–Trinajstić information content (AvgIpc) is 3.03. The molecule has 0 radical (unpaired) electrons. The Bertz CT molecular complexity index is 1090.